The van der Waals surface area contributed by atoms with Crippen molar-refractivity contribution in [3.63, 3.8) is 0 Å². The fraction of sp³-hybridized carbons (Fsp3) is 0.0732. The van der Waals surface area contributed by atoms with Gasteiger partial charge in [-0.3, -0.25) is 0 Å². The molecule has 8 heteroatoms. The van der Waals surface area contributed by atoms with Gasteiger partial charge in [-0.15, -0.1) is 0 Å². The number of hydrogen-bond acceptors (Lipinski definition) is 7. The molecule has 0 saturated heterocycles. The van der Waals surface area contributed by atoms with E-state index in [0.717, 1.165) is 58.4 Å². The van der Waals surface area contributed by atoms with Crippen LogP contribution in [-0.2, 0) is 5.41 Å². The Morgan fingerprint density at radius 3 is 2.33 bits per heavy atom. The monoisotopic (exact) mass is 733 g/mol. The van der Waals surface area contributed by atoms with Crippen LogP contribution in [-0.4, -0.2) is 27.9 Å². The average molecular weight is 733 g/mol. The Balaban J connectivity index is 1.10. The van der Waals surface area contributed by atoms with E-state index in [4.69, 9.17) is 12.9 Å². The summed E-state index contributed by atoms with van der Waals surface area (Å²) in [6.45, 7) is 4.65. The molecule has 3 aromatic heterocycles. The zero-order valence-corrected chi connectivity index (χ0v) is 29.9. The van der Waals surface area contributed by atoms with Crippen LogP contribution in [0.4, 0.5) is 17.1 Å². The standard InChI is InChI=1S/C41H27N5S2Se/c1-41(2)31-12-6-8-14-34(31)46(27-10-4-3-5-11-27)35-20-16-25(23-32(35)41)29-18-19-30(39-38(29)44-49-45-39)36-21-17-28(47-36)22-26(24-42)40-43-33-13-7-9-15-37(33)48-40/h3-23H,1-2H3/b26-22+. The topological polar surface area (TPSA) is 65.7 Å². The molecule has 9 rings (SSSR count). The molecule has 5 aromatic carbocycles. The van der Waals surface area contributed by atoms with Crippen LogP contribution in [0.1, 0.15) is 34.9 Å². The summed E-state index contributed by atoms with van der Waals surface area (Å²) in [5, 5.41) is 10.7. The van der Waals surface area contributed by atoms with Gasteiger partial charge in [-0.05, 0) is 0 Å². The van der Waals surface area contributed by atoms with E-state index >= 15 is 0 Å². The van der Waals surface area contributed by atoms with Crippen molar-refractivity contribution in [3.8, 4) is 27.6 Å². The second-order valence-corrected chi connectivity index (χ2v) is 15.8. The number of aromatic nitrogens is 3. The Hall–Kier alpha value is -5.16. The minimum atomic E-state index is -0.204. The molecular weight excluding hydrogens is 706 g/mol. The fourth-order valence-electron chi connectivity index (χ4n) is 6.87. The third-order valence-corrected chi connectivity index (χ3v) is 12.5. The fourth-order valence-corrected chi connectivity index (χ4v) is 9.98. The number of nitrogens with zero attached hydrogens (tertiary/aromatic N) is 5. The van der Waals surface area contributed by atoms with Crippen molar-refractivity contribution in [3.05, 3.63) is 142 Å². The zero-order valence-electron chi connectivity index (χ0n) is 26.6. The Morgan fingerprint density at radius 2 is 1.49 bits per heavy atom. The summed E-state index contributed by atoms with van der Waals surface area (Å²) in [5.41, 5.74) is 12.7. The van der Waals surface area contributed by atoms with Gasteiger partial charge in [0, 0.05) is 0 Å². The number of fused-ring (bicyclic) bond motifs is 4. The average Bonchev–Trinajstić information content (AvgIpc) is 3.91. The number of rotatable bonds is 5. The van der Waals surface area contributed by atoms with Crippen molar-refractivity contribution in [2.45, 2.75) is 19.3 Å². The predicted molar refractivity (Wildman–Crippen MR) is 205 cm³/mol. The summed E-state index contributed by atoms with van der Waals surface area (Å²) in [6.07, 6.45) is 1.94. The van der Waals surface area contributed by atoms with Crippen molar-refractivity contribution in [1.82, 2.24) is 12.9 Å². The number of nitriles is 1. The van der Waals surface area contributed by atoms with E-state index in [-0.39, 0.29) is 20.4 Å². The molecule has 0 unspecified atom stereocenters. The second kappa shape index (κ2) is 11.8. The summed E-state index contributed by atoms with van der Waals surface area (Å²) in [7, 11) is 0. The van der Waals surface area contributed by atoms with Crippen molar-refractivity contribution in [2.24, 2.45) is 0 Å². The third-order valence-electron chi connectivity index (χ3n) is 9.29. The van der Waals surface area contributed by atoms with Gasteiger partial charge >= 0.3 is 288 Å². The minimum absolute atomic E-state index is 0.198. The number of hydrogen-bond donors (Lipinski definition) is 0. The van der Waals surface area contributed by atoms with Gasteiger partial charge in [0.05, 0.1) is 0 Å². The van der Waals surface area contributed by atoms with Gasteiger partial charge in [0.2, 0.25) is 0 Å². The molecule has 0 amide bonds. The molecule has 0 radical (unpaired) electrons. The van der Waals surface area contributed by atoms with Gasteiger partial charge in [0.1, 0.15) is 0 Å². The first-order valence-electron chi connectivity index (χ1n) is 15.9. The first-order chi connectivity index (χ1) is 24.0. The molecule has 0 atom stereocenters. The summed E-state index contributed by atoms with van der Waals surface area (Å²) in [5.74, 6) is 0. The molecule has 5 nitrogen and oxygen atoms in total. The Labute approximate surface area is 298 Å². The molecule has 1 aliphatic rings. The molecule has 0 spiro atoms. The first-order valence-corrected chi connectivity index (χ1v) is 19.1. The quantitative estimate of drug-likeness (QED) is 0.130. The Bertz CT molecular complexity index is 2590. The molecule has 234 valence electrons. The first kappa shape index (κ1) is 29.9. The number of allylic oxidation sites excluding steroid dienone is 1. The number of benzene rings is 5. The van der Waals surface area contributed by atoms with Crippen molar-refractivity contribution in [1.29, 1.82) is 5.26 Å². The summed E-state index contributed by atoms with van der Waals surface area (Å²) in [4.78, 5) is 9.19. The van der Waals surface area contributed by atoms with E-state index in [2.05, 4.69) is 122 Å². The van der Waals surface area contributed by atoms with Gasteiger partial charge in [-0.1, -0.05) is 12.1 Å². The van der Waals surface area contributed by atoms with Gasteiger partial charge in [0.25, 0.3) is 0 Å². The maximum atomic E-state index is 10.0. The van der Waals surface area contributed by atoms with Crippen LogP contribution in [0.15, 0.2) is 121 Å². The van der Waals surface area contributed by atoms with Crippen LogP contribution >= 0.6 is 22.7 Å². The van der Waals surface area contributed by atoms with E-state index in [1.165, 1.54) is 22.5 Å². The zero-order chi connectivity index (χ0) is 33.1. The third kappa shape index (κ3) is 4.98. The number of anilines is 3. The van der Waals surface area contributed by atoms with Crippen molar-refractivity contribution in [2.75, 3.05) is 4.90 Å². The van der Waals surface area contributed by atoms with Crippen LogP contribution in [0.2, 0.25) is 0 Å². The van der Waals surface area contributed by atoms with E-state index in [1.54, 1.807) is 22.7 Å². The van der Waals surface area contributed by atoms with Gasteiger partial charge < -0.3 is 0 Å². The van der Waals surface area contributed by atoms with Crippen molar-refractivity contribution < 1.29 is 0 Å². The van der Waals surface area contributed by atoms with E-state index in [0.29, 0.717) is 5.57 Å². The molecule has 4 heterocycles. The van der Waals surface area contributed by atoms with Crippen LogP contribution in [0.3, 0.4) is 0 Å². The SMILES string of the molecule is CC1(C)c2ccccc2N(c2ccccc2)c2ccc(-c3ccc(-c4ccc(/C=C(\C#N)c5nc6ccccc6s5)s4)c4n[se]nc34)cc21. The molecule has 8 aromatic rings. The molecular formula is C41H27N5S2Se. The summed E-state index contributed by atoms with van der Waals surface area (Å²) < 4.78 is 11.0. The van der Waals surface area contributed by atoms with Gasteiger partial charge in [-0.25, -0.2) is 0 Å². The normalized spacial score (nSPS) is 13.7. The van der Waals surface area contributed by atoms with Crippen molar-refractivity contribution >= 4 is 87.6 Å². The van der Waals surface area contributed by atoms with Crippen LogP contribution < -0.4 is 4.90 Å². The summed E-state index contributed by atoms with van der Waals surface area (Å²) in [6, 6.07) is 45.2. The van der Waals surface area contributed by atoms with Gasteiger partial charge in [-0.2, -0.15) is 0 Å². The number of thiophene rings is 1. The predicted octanol–water partition coefficient (Wildman–Crippen LogP) is 10.9. The number of thiazole rings is 1. The molecule has 49 heavy (non-hydrogen) atoms. The second-order valence-electron chi connectivity index (χ2n) is 12.5. The van der Waals surface area contributed by atoms with Crippen LogP contribution in [0.25, 0.3) is 54.5 Å². The van der Waals surface area contributed by atoms with E-state index < -0.39 is 0 Å². The molecule has 0 aliphatic carbocycles. The number of para-hydroxylation sites is 3. The van der Waals surface area contributed by atoms with E-state index in [9.17, 15) is 5.26 Å². The Morgan fingerprint density at radius 1 is 0.755 bits per heavy atom. The summed E-state index contributed by atoms with van der Waals surface area (Å²) >= 11 is 3.00. The Kier molecular flexibility index (Phi) is 7.19. The molecule has 0 bridgehead atoms. The van der Waals surface area contributed by atoms with Crippen LogP contribution in [0.5, 0.6) is 0 Å². The molecule has 1 aliphatic heterocycles. The van der Waals surface area contributed by atoms with E-state index in [1.807, 2.05) is 30.3 Å². The van der Waals surface area contributed by atoms with Gasteiger partial charge in [0.15, 0.2) is 0 Å². The molecule has 0 N–H and O–H groups in total. The molecule has 0 fully saturated rings. The molecule has 0 saturated carbocycles. The van der Waals surface area contributed by atoms with Crippen LogP contribution in [0, 0.1) is 11.3 Å². The maximum absolute atomic E-state index is 10.0.